The van der Waals surface area contributed by atoms with Gasteiger partial charge in [-0.05, 0) is 39.5 Å². The fraction of sp³-hybridized carbons (Fsp3) is 0.769. The summed E-state index contributed by atoms with van der Waals surface area (Å²) in [5, 5.41) is 3.70. The van der Waals surface area contributed by atoms with Gasteiger partial charge in [-0.15, -0.1) is 0 Å². The first-order chi connectivity index (χ1) is 8.26. The van der Waals surface area contributed by atoms with E-state index in [0.717, 1.165) is 30.3 Å². The van der Waals surface area contributed by atoms with Crippen molar-refractivity contribution in [1.82, 2.24) is 15.3 Å². The van der Waals surface area contributed by atoms with Crippen molar-refractivity contribution in [2.24, 2.45) is 0 Å². The van der Waals surface area contributed by atoms with Gasteiger partial charge in [0.25, 0.3) is 0 Å². The van der Waals surface area contributed by atoms with Crippen LogP contribution in [0.15, 0.2) is 6.20 Å². The molecule has 0 amide bonds. The average molecular weight is 234 g/mol. The Balaban J connectivity index is 1.77. The Bertz CT molecular complexity index is 375. The number of anilines is 1. The molecule has 0 saturated carbocycles. The van der Waals surface area contributed by atoms with Crippen molar-refractivity contribution in [2.75, 3.05) is 11.4 Å². The number of aromatic amines is 1. The Morgan fingerprint density at radius 3 is 2.59 bits per heavy atom. The van der Waals surface area contributed by atoms with Gasteiger partial charge in [-0.2, -0.15) is 0 Å². The number of aryl methyl sites for hydroxylation is 1. The summed E-state index contributed by atoms with van der Waals surface area (Å²) in [5.74, 6) is 1.05. The Hall–Kier alpha value is -1.03. The van der Waals surface area contributed by atoms with Gasteiger partial charge in [-0.1, -0.05) is 0 Å². The monoisotopic (exact) mass is 234 g/mol. The zero-order valence-electron chi connectivity index (χ0n) is 10.7. The van der Waals surface area contributed by atoms with Crippen LogP contribution < -0.4 is 10.2 Å². The van der Waals surface area contributed by atoms with Crippen LogP contribution in [0.2, 0.25) is 0 Å². The number of aromatic nitrogens is 2. The smallest absolute Gasteiger partial charge is 0.203 e. The predicted octanol–water partition coefficient (Wildman–Crippen LogP) is 1.83. The first-order valence-electron chi connectivity index (χ1n) is 6.80. The maximum absolute atomic E-state index is 4.48. The number of nitrogens with zero attached hydrogens (tertiary/aromatic N) is 2. The molecule has 4 heteroatoms. The Labute approximate surface area is 103 Å². The van der Waals surface area contributed by atoms with Crippen LogP contribution in [0.5, 0.6) is 0 Å². The second-order valence-corrected chi connectivity index (χ2v) is 5.44. The molecule has 1 aromatic heterocycles. The summed E-state index contributed by atoms with van der Waals surface area (Å²) in [7, 11) is 0. The summed E-state index contributed by atoms with van der Waals surface area (Å²) in [6, 6.07) is 2.14. The maximum Gasteiger partial charge on any atom is 0.203 e. The number of hydrogen-bond acceptors (Lipinski definition) is 3. The molecule has 2 saturated heterocycles. The SMILES string of the molecule is CCN(c1ncc(C)[nH]1)C1CC2CCC(C1)N2. The molecule has 2 atom stereocenters. The Morgan fingerprint density at radius 2 is 2.06 bits per heavy atom. The third-order valence-corrected chi connectivity index (χ3v) is 4.19. The maximum atomic E-state index is 4.48. The third-order valence-electron chi connectivity index (χ3n) is 4.19. The molecule has 0 spiro atoms. The first-order valence-corrected chi connectivity index (χ1v) is 6.80. The van der Waals surface area contributed by atoms with Crippen LogP contribution in [0.1, 0.15) is 38.3 Å². The largest absolute Gasteiger partial charge is 0.340 e. The molecule has 0 aliphatic carbocycles. The van der Waals surface area contributed by atoms with Crippen LogP contribution in [0.3, 0.4) is 0 Å². The fourth-order valence-corrected chi connectivity index (χ4v) is 3.41. The molecule has 2 fully saturated rings. The molecule has 1 aromatic rings. The van der Waals surface area contributed by atoms with E-state index < -0.39 is 0 Å². The van der Waals surface area contributed by atoms with E-state index >= 15 is 0 Å². The lowest BCUT2D eigenvalue weighted by atomic mass is 9.98. The highest BCUT2D eigenvalue weighted by molar-refractivity contribution is 5.33. The number of rotatable bonds is 3. The van der Waals surface area contributed by atoms with E-state index in [1.807, 2.05) is 6.20 Å². The number of H-pyrrole nitrogens is 1. The molecule has 2 bridgehead atoms. The van der Waals surface area contributed by atoms with E-state index in [1.165, 1.54) is 25.7 Å². The van der Waals surface area contributed by atoms with Gasteiger partial charge in [-0.25, -0.2) is 4.98 Å². The van der Waals surface area contributed by atoms with E-state index in [-0.39, 0.29) is 0 Å². The predicted molar refractivity (Wildman–Crippen MR) is 69.3 cm³/mol. The van der Waals surface area contributed by atoms with Crippen molar-refractivity contribution in [3.8, 4) is 0 Å². The van der Waals surface area contributed by atoms with E-state index in [2.05, 4.69) is 34.0 Å². The highest BCUT2D eigenvalue weighted by atomic mass is 15.3. The number of nitrogens with one attached hydrogen (secondary N) is 2. The zero-order valence-corrected chi connectivity index (χ0v) is 10.7. The van der Waals surface area contributed by atoms with Gasteiger partial charge in [0.15, 0.2) is 0 Å². The molecule has 0 radical (unpaired) electrons. The molecule has 2 aliphatic heterocycles. The number of hydrogen-bond donors (Lipinski definition) is 2. The summed E-state index contributed by atoms with van der Waals surface area (Å²) >= 11 is 0. The summed E-state index contributed by atoms with van der Waals surface area (Å²) in [5.41, 5.74) is 1.15. The minimum atomic E-state index is 0.657. The Morgan fingerprint density at radius 1 is 1.35 bits per heavy atom. The fourth-order valence-electron chi connectivity index (χ4n) is 3.41. The van der Waals surface area contributed by atoms with Gasteiger partial charge in [0, 0.05) is 36.6 Å². The van der Waals surface area contributed by atoms with E-state index in [0.29, 0.717) is 6.04 Å². The molecule has 3 heterocycles. The minimum Gasteiger partial charge on any atom is -0.340 e. The third kappa shape index (κ3) is 2.06. The molecule has 0 aromatic carbocycles. The molecule has 17 heavy (non-hydrogen) atoms. The van der Waals surface area contributed by atoms with Gasteiger partial charge >= 0.3 is 0 Å². The molecular weight excluding hydrogens is 212 g/mol. The standard InChI is InChI=1S/C13H22N4/c1-3-17(13-14-8-9(2)15-13)12-6-10-4-5-11(7-12)16-10/h8,10-12,16H,3-7H2,1-2H3,(H,14,15). The normalized spacial score (nSPS) is 31.8. The molecule has 3 rings (SSSR count). The van der Waals surface area contributed by atoms with Crippen LogP contribution in [0, 0.1) is 6.92 Å². The van der Waals surface area contributed by atoms with Crippen LogP contribution in [0.25, 0.3) is 0 Å². The molecule has 2 unspecified atom stereocenters. The van der Waals surface area contributed by atoms with Crippen LogP contribution >= 0.6 is 0 Å². The lowest BCUT2D eigenvalue weighted by Crippen LogP contribution is -2.48. The van der Waals surface area contributed by atoms with Crippen molar-refractivity contribution >= 4 is 5.95 Å². The summed E-state index contributed by atoms with van der Waals surface area (Å²) in [6.45, 7) is 5.33. The highest BCUT2D eigenvalue weighted by Gasteiger charge is 2.36. The number of piperidine rings is 1. The minimum absolute atomic E-state index is 0.657. The molecule has 94 valence electrons. The van der Waals surface area contributed by atoms with Crippen LogP contribution in [-0.2, 0) is 0 Å². The lowest BCUT2D eigenvalue weighted by molar-refractivity contribution is 0.347. The molecule has 2 N–H and O–H groups in total. The van der Waals surface area contributed by atoms with Gasteiger partial charge in [0.2, 0.25) is 5.95 Å². The van der Waals surface area contributed by atoms with E-state index in [9.17, 15) is 0 Å². The second-order valence-electron chi connectivity index (χ2n) is 5.44. The second kappa shape index (κ2) is 4.33. The summed E-state index contributed by atoms with van der Waals surface area (Å²) < 4.78 is 0. The quantitative estimate of drug-likeness (QED) is 0.838. The summed E-state index contributed by atoms with van der Waals surface area (Å²) in [4.78, 5) is 10.3. The van der Waals surface area contributed by atoms with Crippen LogP contribution in [-0.4, -0.2) is 34.6 Å². The van der Waals surface area contributed by atoms with E-state index in [1.54, 1.807) is 0 Å². The van der Waals surface area contributed by atoms with Gasteiger partial charge in [0.1, 0.15) is 0 Å². The molecule has 4 nitrogen and oxygen atoms in total. The topological polar surface area (TPSA) is 44.0 Å². The van der Waals surface area contributed by atoms with Gasteiger partial charge in [-0.3, -0.25) is 0 Å². The van der Waals surface area contributed by atoms with Crippen molar-refractivity contribution in [3.63, 3.8) is 0 Å². The number of imidazole rings is 1. The average Bonchev–Trinajstić information content (AvgIpc) is 2.87. The van der Waals surface area contributed by atoms with E-state index in [4.69, 9.17) is 0 Å². The molecule has 2 aliphatic rings. The Kier molecular flexibility index (Phi) is 2.82. The van der Waals surface area contributed by atoms with Gasteiger partial charge in [0.05, 0.1) is 0 Å². The van der Waals surface area contributed by atoms with Crippen molar-refractivity contribution in [2.45, 2.75) is 57.7 Å². The first kappa shape index (κ1) is 11.1. The lowest BCUT2D eigenvalue weighted by Gasteiger charge is -2.37. The van der Waals surface area contributed by atoms with Crippen molar-refractivity contribution < 1.29 is 0 Å². The number of fused-ring (bicyclic) bond motifs is 2. The van der Waals surface area contributed by atoms with Crippen molar-refractivity contribution in [1.29, 1.82) is 0 Å². The zero-order chi connectivity index (χ0) is 11.8. The van der Waals surface area contributed by atoms with Crippen LogP contribution in [0.4, 0.5) is 5.95 Å². The van der Waals surface area contributed by atoms with Crippen molar-refractivity contribution in [3.05, 3.63) is 11.9 Å². The summed E-state index contributed by atoms with van der Waals surface area (Å²) in [6.07, 6.45) is 7.17. The molecular formula is C13H22N4. The van der Waals surface area contributed by atoms with Gasteiger partial charge < -0.3 is 15.2 Å². The highest BCUT2D eigenvalue weighted by Crippen LogP contribution is 2.31.